The molecule has 0 radical (unpaired) electrons. The van der Waals surface area contributed by atoms with Gasteiger partial charge in [-0.3, -0.25) is 0 Å². The van der Waals surface area contributed by atoms with Crippen LogP contribution in [0.5, 0.6) is 5.75 Å². The number of benzene rings is 1. The number of nitrogen functional groups attached to an aromatic ring is 1. The van der Waals surface area contributed by atoms with Gasteiger partial charge in [0.25, 0.3) is 0 Å². The molecule has 0 aromatic heterocycles. The fourth-order valence-corrected chi connectivity index (χ4v) is 1.99. The number of hydrogen-bond donors (Lipinski definition) is 1. The molecule has 0 spiro atoms. The second kappa shape index (κ2) is 5.07. The first-order valence-electron chi connectivity index (χ1n) is 5.84. The van der Waals surface area contributed by atoms with E-state index in [9.17, 15) is 0 Å². The molecule has 0 aliphatic carbocycles. The van der Waals surface area contributed by atoms with Crippen LogP contribution in [-0.4, -0.2) is 31.1 Å². The third kappa shape index (κ3) is 2.89. The van der Waals surface area contributed by atoms with Crippen molar-refractivity contribution < 1.29 is 4.74 Å². The van der Waals surface area contributed by atoms with Gasteiger partial charge in [0.05, 0.1) is 17.3 Å². The lowest BCUT2D eigenvalue weighted by Crippen LogP contribution is -2.35. The minimum atomic E-state index is 0.211. The number of hydrogen-bond acceptors (Lipinski definition) is 4. The maximum absolute atomic E-state index is 8.84. The number of nitriles is 1. The molecule has 1 saturated heterocycles. The van der Waals surface area contributed by atoms with Crippen LogP contribution in [0.25, 0.3) is 0 Å². The second-order valence-corrected chi connectivity index (χ2v) is 4.48. The number of nitrogens with zero attached hydrogens (tertiary/aromatic N) is 2. The Labute approximate surface area is 102 Å². The van der Waals surface area contributed by atoms with Crippen molar-refractivity contribution in [1.29, 1.82) is 5.26 Å². The van der Waals surface area contributed by atoms with Crippen molar-refractivity contribution >= 4 is 5.69 Å². The zero-order valence-electron chi connectivity index (χ0n) is 10.0. The maximum Gasteiger partial charge on any atom is 0.143 e. The van der Waals surface area contributed by atoms with Crippen LogP contribution in [0.15, 0.2) is 18.2 Å². The first kappa shape index (κ1) is 11.7. The molecule has 0 saturated carbocycles. The molecule has 0 unspecified atom stereocenters. The molecule has 1 fully saturated rings. The summed E-state index contributed by atoms with van der Waals surface area (Å²) in [5.41, 5.74) is 7.03. The van der Waals surface area contributed by atoms with Crippen LogP contribution >= 0.6 is 0 Å². The van der Waals surface area contributed by atoms with E-state index in [0.29, 0.717) is 17.0 Å². The average Bonchev–Trinajstić information content (AvgIpc) is 2.35. The Hall–Kier alpha value is -1.73. The first-order valence-corrected chi connectivity index (χ1v) is 5.84. The van der Waals surface area contributed by atoms with Gasteiger partial charge in [0.15, 0.2) is 0 Å². The smallest absolute Gasteiger partial charge is 0.143 e. The van der Waals surface area contributed by atoms with Crippen LogP contribution < -0.4 is 10.5 Å². The van der Waals surface area contributed by atoms with E-state index in [4.69, 9.17) is 15.7 Å². The monoisotopic (exact) mass is 231 g/mol. The van der Waals surface area contributed by atoms with Gasteiger partial charge in [-0.15, -0.1) is 0 Å². The van der Waals surface area contributed by atoms with E-state index in [-0.39, 0.29) is 6.10 Å². The Balaban J connectivity index is 2.05. The first-order chi connectivity index (χ1) is 8.19. The molecule has 0 amide bonds. The summed E-state index contributed by atoms with van der Waals surface area (Å²) < 4.78 is 5.87. The van der Waals surface area contributed by atoms with Gasteiger partial charge in [-0.25, -0.2) is 0 Å². The van der Waals surface area contributed by atoms with E-state index in [0.717, 1.165) is 25.9 Å². The molecule has 17 heavy (non-hydrogen) atoms. The fraction of sp³-hybridized carbons (Fsp3) is 0.462. The number of piperidine rings is 1. The standard InChI is InChI=1S/C13H17N3O/c1-16-6-4-11(5-7-16)17-13-8-10(9-14)2-3-12(13)15/h2-3,8,11H,4-7,15H2,1H3. The number of nitrogens with two attached hydrogens (primary N) is 1. The molecule has 4 nitrogen and oxygen atoms in total. The molecule has 0 atom stereocenters. The predicted molar refractivity (Wildman–Crippen MR) is 66.7 cm³/mol. The van der Waals surface area contributed by atoms with Gasteiger partial charge >= 0.3 is 0 Å². The van der Waals surface area contributed by atoms with Gasteiger partial charge in [-0.1, -0.05) is 0 Å². The van der Waals surface area contributed by atoms with E-state index < -0.39 is 0 Å². The Morgan fingerprint density at radius 2 is 2.12 bits per heavy atom. The van der Waals surface area contributed by atoms with E-state index in [1.165, 1.54) is 0 Å². The number of rotatable bonds is 2. The Kier molecular flexibility index (Phi) is 3.50. The summed E-state index contributed by atoms with van der Waals surface area (Å²) in [6.07, 6.45) is 2.22. The van der Waals surface area contributed by atoms with Crippen LogP contribution in [0.1, 0.15) is 18.4 Å². The van der Waals surface area contributed by atoms with Gasteiger partial charge in [0.1, 0.15) is 11.9 Å². The summed E-state index contributed by atoms with van der Waals surface area (Å²) in [7, 11) is 2.11. The van der Waals surface area contributed by atoms with Crippen molar-refractivity contribution in [2.24, 2.45) is 0 Å². The molecule has 1 aliphatic rings. The van der Waals surface area contributed by atoms with Gasteiger partial charge < -0.3 is 15.4 Å². The summed E-state index contributed by atoms with van der Waals surface area (Å²) in [5.74, 6) is 0.638. The highest BCUT2D eigenvalue weighted by atomic mass is 16.5. The molecular weight excluding hydrogens is 214 g/mol. The Morgan fingerprint density at radius 3 is 2.76 bits per heavy atom. The minimum absolute atomic E-state index is 0.211. The van der Waals surface area contributed by atoms with Crippen molar-refractivity contribution in [2.75, 3.05) is 25.9 Å². The summed E-state index contributed by atoms with van der Waals surface area (Å²) in [5, 5.41) is 8.84. The molecule has 2 rings (SSSR count). The predicted octanol–water partition coefficient (Wildman–Crippen LogP) is 1.61. The molecule has 1 aromatic carbocycles. The molecular formula is C13H17N3O. The largest absolute Gasteiger partial charge is 0.488 e. The highest BCUT2D eigenvalue weighted by Crippen LogP contribution is 2.26. The van der Waals surface area contributed by atoms with Crippen LogP contribution in [0.2, 0.25) is 0 Å². The molecule has 1 heterocycles. The van der Waals surface area contributed by atoms with E-state index in [1.807, 2.05) is 0 Å². The van der Waals surface area contributed by atoms with E-state index in [1.54, 1.807) is 18.2 Å². The number of anilines is 1. The zero-order chi connectivity index (χ0) is 12.3. The lowest BCUT2D eigenvalue weighted by molar-refractivity contribution is 0.115. The van der Waals surface area contributed by atoms with Gasteiger partial charge in [0, 0.05) is 19.2 Å². The van der Waals surface area contributed by atoms with Gasteiger partial charge in [0.2, 0.25) is 0 Å². The summed E-state index contributed by atoms with van der Waals surface area (Å²) in [6, 6.07) is 7.24. The van der Waals surface area contributed by atoms with Crippen molar-refractivity contribution in [3.8, 4) is 11.8 Å². The van der Waals surface area contributed by atoms with Gasteiger partial charge in [-0.2, -0.15) is 5.26 Å². The van der Waals surface area contributed by atoms with Crippen molar-refractivity contribution in [3.05, 3.63) is 23.8 Å². The van der Waals surface area contributed by atoms with Crippen molar-refractivity contribution in [3.63, 3.8) is 0 Å². The summed E-state index contributed by atoms with van der Waals surface area (Å²) in [6.45, 7) is 2.09. The molecule has 1 aliphatic heterocycles. The van der Waals surface area contributed by atoms with Crippen LogP contribution in [0, 0.1) is 11.3 Å². The van der Waals surface area contributed by atoms with Crippen LogP contribution in [0.4, 0.5) is 5.69 Å². The molecule has 1 aromatic rings. The molecule has 90 valence electrons. The fourth-order valence-electron chi connectivity index (χ4n) is 1.99. The summed E-state index contributed by atoms with van der Waals surface area (Å²) in [4.78, 5) is 2.29. The van der Waals surface area contributed by atoms with Crippen LogP contribution in [-0.2, 0) is 0 Å². The quantitative estimate of drug-likeness (QED) is 0.785. The van der Waals surface area contributed by atoms with Crippen molar-refractivity contribution in [1.82, 2.24) is 4.90 Å². The highest BCUT2D eigenvalue weighted by molar-refractivity contribution is 5.56. The molecule has 0 bridgehead atoms. The topological polar surface area (TPSA) is 62.3 Å². The van der Waals surface area contributed by atoms with Crippen molar-refractivity contribution in [2.45, 2.75) is 18.9 Å². The lowest BCUT2D eigenvalue weighted by atomic mass is 10.1. The Bertz CT molecular complexity index is 431. The zero-order valence-corrected chi connectivity index (χ0v) is 10.0. The summed E-state index contributed by atoms with van der Waals surface area (Å²) >= 11 is 0. The Morgan fingerprint density at radius 1 is 1.41 bits per heavy atom. The third-order valence-corrected chi connectivity index (χ3v) is 3.10. The lowest BCUT2D eigenvalue weighted by Gasteiger charge is -2.29. The molecule has 2 N–H and O–H groups in total. The normalized spacial score (nSPS) is 17.6. The maximum atomic E-state index is 8.84. The number of ether oxygens (including phenoxy) is 1. The average molecular weight is 231 g/mol. The second-order valence-electron chi connectivity index (χ2n) is 4.48. The number of likely N-dealkylation sites (tertiary alicyclic amines) is 1. The SMILES string of the molecule is CN1CCC(Oc2cc(C#N)ccc2N)CC1. The van der Waals surface area contributed by atoms with E-state index in [2.05, 4.69) is 18.0 Å². The van der Waals surface area contributed by atoms with E-state index >= 15 is 0 Å². The van der Waals surface area contributed by atoms with Crippen LogP contribution in [0.3, 0.4) is 0 Å². The third-order valence-electron chi connectivity index (χ3n) is 3.10. The molecule has 4 heteroatoms. The highest BCUT2D eigenvalue weighted by Gasteiger charge is 2.18. The van der Waals surface area contributed by atoms with Gasteiger partial charge in [-0.05, 0) is 32.0 Å². The minimum Gasteiger partial charge on any atom is -0.488 e.